The normalized spacial score (nSPS) is 17.4. The quantitative estimate of drug-likeness (QED) is 0.662. The van der Waals surface area contributed by atoms with E-state index in [9.17, 15) is 4.79 Å². The molecule has 1 amide bonds. The molecule has 0 radical (unpaired) electrons. The number of nitrogens with one attached hydrogen (secondary N) is 2. The molecule has 0 atom stereocenters. The topological polar surface area (TPSA) is 50.4 Å². The van der Waals surface area contributed by atoms with Gasteiger partial charge in [0.15, 0.2) is 0 Å². The van der Waals surface area contributed by atoms with Crippen LogP contribution < -0.4 is 10.6 Å². The van der Waals surface area contributed by atoms with E-state index in [4.69, 9.17) is 4.74 Å². The molecule has 0 spiro atoms. The average molecular weight is 242 g/mol. The van der Waals surface area contributed by atoms with Crippen LogP contribution in [0.1, 0.15) is 39.5 Å². The smallest absolute Gasteiger partial charge is 0.223 e. The molecular weight excluding hydrogens is 216 g/mol. The van der Waals surface area contributed by atoms with E-state index in [-0.39, 0.29) is 11.8 Å². The number of hydrogen-bond acceptors (Lipinski definition) is 3. The van der Waals surface area contributed by atoms with Gasteiger partial charge in [0.25, 0.3) is 0 Å². The zero-order chi connectivity index (χ0) is 12.5. The monoisotopic (exact) mass is 242 g/mol. The Morgan fingerprint density at radius 2 is 2.00 bits per heavy atom. The van der Waals surface area contributed by atoms with E-state index >= 15 is 0 Å². The lowest BCUT2D eigenvalue weighted by Gasteiger charge is -2.23. The predicted octanol–water partition coefficient (Wildman–Crippen LogP) is 1.31. The van der Waals surface area contributed by atoms with Crippen LogP contribution in [0.4, 0.5) is 0 Å². The van der Waals surface area contributed by atoms with Crippen LogP contribution in [0.25, 0.3) is 0 Å². The van der Waals surface area contributed by atoms with Gasteiger partial charge in [0.1, 0.15) is 0 Å². The third-order valence-corrected chi connectivity index (χ3v) is 3.40. The van der Waals surface area contributed by atoms with E-state index in [1.165, 1.54) is 0 Å². The second-order valence-corrected chi connectivity index (χ2v) is 4.62. The summed E-state index contributed by atoms with van der Waals surface area (Å²) in [6.45, 7) is 7.48. The van der Waals surface area contributed by atoms with Crippen LogP contribution in [-0.4, -0.2) is 38.3 Å². The Hall–Kier alpha value is -0.610. The van der Waals surface area contributed by atoms with Crippen LogP contribution >= 0.6 is 0 Å². The molecule has 0 aromatic rings. The van der Waals surface area contributed by atoms with Gasteiger partial charge in [-0.25, -0.2) is 0 Å². The van der Waals surface area contributed by atoms with Crippen molar-refractivity contribution < 1.29 is 9.53 Å². The third kappa shape index (κ3) is 5.50. The van der Waals surface area contributed by atoms with Crippen molar-refractivity contribution in [1.82, 2.24) is 10.6 Å². The van der Waals surface area contributed by atoms with Crippen LogP contribution in [0.3, 0.4) is 0 Å². The van der Waals surface area contributed by atoms with Crippen molar-refractivity contribution in [1.29, 1.82) is 0 Å². The summed E-state index contributed by atoms with van der Waals surface area (Å²) in [6, 6.07) is 0. The number of ether oxygens (including phenoxy) is 1. The fourth-order valence-electron chi connectivity index (χ4n) is 2.17. The van der Waals surface area contributed by atoms with Crippen LogP contribution in [0.15, 0.2) is 0 Å². The van der Waals surface area contributed by atoms with Crippen LogP contribution in [-0.2, 0) is 9.53 Å². The molecule has 4 nitrogen and oxygen atoms in total. The van der Waals surface area contributed by atoms with Gasteiger partial charge in [-0.1, -0.05) is 13.8 Å². The van der Waals surface area contributed by atoms with Gasteiger partial charge in [0, 0.05) is 12.5 Å². The summed E-state index contributed by atoms with van der Waals surface area (Å²) in [7, 11) is 0. The minimum absolute atomic E-state index is 0.161. The number of carbonyl (C=O) groups excluding carboxylic acids is 1. The van der Waals surface area contributed by atoms with Gasteiger partial charge >= 0.3 is 0 Å². The molecule has 4 heteroatoms. The molecule has 1 aliphatic heterocycles. The zero-order valence-corrected chi connectivity index (χ0v) is 11.1. The molecule has 0 bridgehead atoms. The van der Waals surface area contributed by atoms with Gasteiger partial charge in [-0.2, -0.15) is 0 Å². The largest absolute Gasteiger partial charge is 0.376 e. The lowest BCUT2D eigenvalue weighted by molar-refractivity contribution is -0.125. The molecule has 0 aromatic carbocycles. The van der Waals surface area contributed by atoms with Crippen LogP contribution in [0.5, 0.6) is 0 Å². The zero-order valence-electron chi connectivity index (χ0n) is 11.1. The van der Waals surface area contributed by atoms with E-state index in [2.05, 4.69) is 24.5 Å². The summed E-state index contributed by atoms with van der Waals surface area (Å²) in [6.07, 6.45) is 4.37. The molecule has 0 aliphatic carbocycles. The van der Waals surface area contributed by atoms with Crippen molar-refractivity contribution in [2.45, 2.75) is 45.6 Å². The van der Waals surface area contributed by atoms with Crippen molar-refractivity contribution >= 4 is 5.91 Å². The molecule has 1 aliphatic rings. The lowest BCUT2D eigenvalue weighted by Crippen LogP contribution is -2.36. The number of piperidine rings is 1. The minimum atomic E-state index is 0.161. The predicted molar refractivity (Wildman–Crippen MR) is 68.9 cm³/mol. The Morgan fingerprint density at radius 1 is 1.35 bits per heavy atom. The molecule has 0 aromatic heterocycles. The number of carbonyl (C=O) groups is 1. The molecule has 0 saturated carbocycles. The minimum Gasteiger partial charge on any atom is -0.376 e. The summed E-state index contributed by atoms with van der Waals surface area (Å²) in [5, 5.41) is 6.25. The van der Waals surface area contributed by atoms with Gasteiger partial charge in [-0.3, -0.25) is 4.79 Å². The van der Waals surface area contributed by atoms with E-state index < -0.39 is 0 Å². The first-order chi connectivity index (χ1) is 8.27. The number of amides is 1. The van der Waals surface area contributed by atoms with Gasteiger partial charge in [-0.15, -0.1) is 0 Å². The number of rotatable bonds is 7. The Balaban J connectivity index is 2.04. The van der Waals surface area contributed by atoms with Crippen molar-refractivity contribution in [2.75, 3.05) is 26.2 Å². The molecule has 1 saturated heterocycles. The summed E-state index contributed by atoms with van der Waals surface area (Å²) in [5.41, 5.74) is 0. The maximum Gasteiger partial charge on any atom is 0.223 e. The van der Waals surface area contributed by atoms with E-state index in [0.717, 1.165) is 38.8 Å². The molecule has 100 valence electrons. The Kier molecular flexibility index (Phi) is 7.21. The van der Waals surface area contributed by atoms with Gasteiger partial charge in [-0.05, 0) is 38.8 Å². The highest BCUT2D eigenvalue weighted by Crippen LogP contribution is 2.08. The fourth-order valence-corrected chi connectivity index (χ4v) is 2.17. The van der Waals surface area contributed by atoms with E-state index in [0.29, 0.717) is 19.3 Å². The second kappa shape index (κ2) is 8.48. The first kappa shape index (κ1) is 14.5. The first-order valence-electron chi connectivity index (χ1n) is 6.88. The Labute approximate surface area is 104 Å². The van der Waals surface area contributed by atoms with E-state index in [1.807, 2.05) is 0 Å². The Morgan fingerprint density at radius 3 is 2.59 bits per heavy atom. The van der Waals surface area contributed by atoms with Crippen LogP contribution in [0, 0.1) is 5.92 Å². The van der Waals surface area contributed by atoms with Gasteiger partial charge in [0.2, 0.25) is 5.91 Å². The maximum atomic E-state index is 11.7. The van der Waals surface area contributed by atoms with Crippen molar-refractivity contribution in [3.63, 3.8) is 0 Å². The standard InChI is InChI=1S/C13H26N2O2/c1-3-11(4-2)13(16)15-9-10-17-12-5-7-14-8-6-12/h11-12,14H,3-10H2,1-2H3,(H,15,16). The number of hydrogen-bond donors (Lipinski definition) is 2. The lowest BCUT2D eigenvalue weighted by atomic mass is 10.0. The first-order valence-corrected chi connectivity index (χ1v) is 6.88. The second-order valence-electron chi connectivity index (χ2n) is 4.62. The third-order valence-electron chi connectivity index (χ3n) is 3.40. The molecule has 17 heavy (non-hydrogen) atoms. The van der Waals surface area contributed by atoms with Crippen molar-refractivity contribution in [3.8, 4) is 0 Å². The summed E-state index contributed by atoms with van der Waals surface area (Å²) in [4.78, 5) is 11.7. The summed E-state index contributed by atoms with van der Waals surface area (Å²) in [5.74, 6) is 0.331. The van der Waals surface area contributed by atoms with Gasteiger partial charge in [0.05, 0.1) is 12.7 Å². The highest BCUT2D eigenvalue weighted by Gasteiger charge is 2.15. The molecule has 1 heterocycles. The van der Waals surface area contributed by atoms with Gasteiger partial charge < -0.3 is 15.4 Å². The van der Waals surface area contributed by atoms with E-state index in [1.54, 1.807) is 0 Å². The van der Waals surface area contributed by atoms with Crippen LogP contribution in [0.2, 0.25) is 0 Å². The summed E-state index contributed by atoms with van der Waals surface area (Å²) < 4.78 is 5.73. The molecule has 1 fully saturated rings. The molecule has 1 rings (SSSR count). The Bertz CT molecular complexity index is 211. The summed E-state index contributed by atoms with van der Waals surface area (Å²) >= 11 is 0. The molecule has 2 N–H and O–H groups in total. The maximum absolute atomic E-state index is 11.7. The highest BCUT2D eigenvalue weighted by atomic mass is 16.5. The van der Waals surface area contributed by atoms with Crippen molar-refractivity contribution in [2.24, 2.45) is 5.92 Å². The average Bonchev–Trinajstić information content (AvgIpc) is 2.37. The highest BCUT2D eigenvalue weighted by molar-refractivity contribution is 5.78. The van der Waals surface area contributed by atoms with Crippen molar-refractivity contribution in [3.05, 3.63) is 0 Å². The molecule has 0 unspecified atom stereocenters. The molecular formula is C13H26N2O2. The fraction of sp³-hybridized carbons (Fsp3) is 0.923. The SMILES string of the molecule is CCC(CC)C(=O)NCCOC1CCNCC1.